The van der Waals surface area contributed by atoms with Crippen LogP contribution in [0.2, 0.25) is 0 Å². The molecule has 1 saturated heterocycles. The van der Waals surface area contributed by atoms with Gasteiger partial charge in [0, 0.05) is 18.9 Å². The van der Waals surface area contributed by atoms with Crippen molar-refractivity contribution in [1.82, 2.24) is 14.9 Å². The zero-order valence-corrected chi connectivity index (χ0v) is 14.3. The third-order valence-corrected chi connectivity index (χ3v) is 4.55. The Morgan fingerprint density at radius 2 is 2.15 bits per heavy atom. The lowest BCUT2D eigenvalue weighted by molar-refractivity contribution is 0.224. The van der Waals surface area contributed by atoms with Crippen LogP contribution in [0.4, 0.5) is 5.88 Å². The summed E-state index contributed by atoms with van der Waals surface area (Å²) in [7, 11) is 0. The number of oxazole rings is 1. The van der Waals surface area contributed by atoms with Crippen molar-refractivity contribution in [3.8, 4) is 17.5 Å². The fourth-order valence-corrected chi connectivity index (χ4v) is 3.26. The van der Waals surface area contributed by atoms with Gasteiger partial charge < -0.3 is 14.2 Å². The molecule has 0 aromatic carbocycles. The summed E-state index contributed by atoms with van der Waals surface area (Å²) in [5.74, 6) is 1.67. The van der Waals surface area contributed by atoms with Gasteiger partial charge in [0.1, 0.15) is 11.8 Å². The highest BCUT2D eigenvalue weighted by Crippen LogP contribution is 2.28. The van der Waals surface area contributed by atoms with Gasteiger partial charge in [0.05, 0.1) is 17.9 Å². The molecule has 4 heterocycles. The maximum atomic E-state index is 9.38. The largest absolute Gasteiger partial charge is 0.468 e. The Balaban J connectivity index is 1.54. The van der Waals surface area contributed by atoms with E-state index in [1.54, 1.807) is 24.7 Å². The predicted molar refractivity (Wildman–Crippen MR) is 95.2 cm³/mol. The maximum Gasteiger partial charge on any atom is 0.232 e. The molecule has 0 radical (unpaired) electrons. The minimum atomic E-state index is 0.0889. The number of nitrogens with one attached hydrogen (secondary N) is 1. The van der Waals surface area contributed by atoms with Crippen molar-refractivity contribution in [2.24, 2.45) is 0 Å². The molecular weight excluding hydrogens is 330 g/mol. The molecule has 7 heteroatoms. The molecule has 1 fully saturated rings. The van der Waals surface area contributed by atoms with E-state index in [2.05, 4.69) is 26.3 Å². The van der Waals surface area contributed by atoms with Crippen molar-refractivity contribution in [2.75, 3.05) is 25.0 Å². The van der Waals surface area contributed by atoms with Crippen LogP contribution in [0.1, 0.15) is 30.3 Å². The van der Waals surface area contributed by atoms with Gasteiger partial charge >= 0.3 is 0 Å². The fourth-order valence-electron chi connectivity index (χ4n) is 3.26. The highest BCUT2D eigenvalue weighted by Gasteiger charge is 2.26. The molecule has 4 rings (SSSR count). The highest BCUT2D eigenvalue weighted by molar-refractivity contribution is 5.57. The third-order valence-electron chi connectivity index (χ3n) is 4.55. The monoisotopic (exact) mass is 349 g/mol. The summed E-state index contributed by atoms with van der Waals surface area (Å²) in [4.78, 5) is 10.7. The Kier molecular flexibility index (Phi) is 4.67. The van der Waals surface area contributed by atoms with E-state index in [0.29, 0.717) is 18.3 Å². The minimum Gasteiger partial charge on any atom is -0.468 e. The van der Waals surface area contributed by atoms with Gasteiger partial charge in [-0.2, -0.15) is 10.2 Å². The van der Waals surface area contributed by atoms with Gasteiger partial charge in [-0.3, -0.25) is 9.88 Å². The number of nitrogens with zero attached hydrogens (tertiary/aromatic N) is 4. The predicted octanol–water partition coefficient (Wildman–Crippen LogP) is 3.45. The Morgan fingerprint density at radius 1 is 1.27 bits per heavy atom. The van der Waals surface area contributed by atoms with Crippen LogP contribution in [0.3, 0.4) is 0 Å². The SMILES string of the molecule is N#Cc1nc(-c2cccnc2)oc1NCC(c1ccco1)N1CCCC1. The van der Waals surface area contributed by atoms with E-state index in [1.165, 1.54) is 12.8 Å². The second kappa shape index (κ2) is 7.42. The molecule has 0 spiro atoms. The number of nitriles is 1. The molecule has 1 N–H and O–H groups in total. The molecular formula is C19H19N5O2. The summed E-state index contributed by atoms with van der Waals surface area (Å²) in [5, 5.41) is 12.6. The van der Waals surface area contributed by atoms with E-state index in [4.69, 9.17) is 8.83 Å². The standard InChI is InChI=1S/C19H19N5O2/c20-11-15-19(26-18(23-15)14-5-3-7-21-12-14)22-13-16(17-6-4-10-25-17)24-8-1-2-9-24/h3-7,10,12,16,22H,1-2,8-9,13H2. The molecule has 132 valence electrons. The van der Waals surface area contributed by atoms with Crippen LogP contribution < -0.4 is 5.32 Å². The third kappa shape index (κ3) is 3.32. The molecule has 7 nitrogen and oxygen atoms in total. The average Bonchev–Trinajstić information content (AvgIpc) is 3.45. The second-order valence-electron chi connectivity index (χ2n) is 6.21. The van der Waals surface area contributed by atoms with E-state index in [0.717, 1.165) is 24.4 Å². The normalized spacial score (nSPS) is 15.7. The first-order valence-corrected chi connectivity index (χ1v) is 8.68. The first-order chi connectivity index (χ1) is 12.8. The Hall–Kier alpha value is -3.11. The number of rotatable bonds is 6. The summed E-state index contributed by atoms with van der Waals surface area (Å²) in [6, 6.07) is 9.71. The van der Waals surface area contributed by atoms with E-state index in [-0.39, 0.29) is 11.7 Å². The smallest absolute Gasteiger partial charge is 0.232 e. The lowest BCUT2D eigenvalue weighted by atomic mass is 10.2. The molecule has 1 unspecified atom stereocenters. The van der Waals surface area contributed by atoms with Gasteiger partial charge in [-0.05, 0) is 50.2 Å². The van der Waals surface area contributed by atoms with E-state index < -0.39 is 0 Å². The van der Waals surface area contributed by atoms with Crippen molar-refractivity contribution < 1.29 is 8.83 Å². The van der Waals surface area contributed by atoms with Crippen LogP contribution in [0.25, 0.3) is 11.5 Å². The molecule has 1 aliphatic heterocycles. The quantitative estimate of drug-likeness (QED) is 0.728. The van der Waals surface area contributed by atoms with Gasteiger partial charge in [0.25, 0.3) is 0 Å². The number of hydrogen-bond acceptors (Lipinski definition) is 7. The number of aromatic nitrogens is 2. The summed E-state index contributed by atoms with van der Waals surface area (Å²) in [6.07, 6.45) is 7.41. The number of likely N-dealkylation sites (tertiary alicyclic amines) is 1. The van der Waals surface area contributed by atoms with Crippen molar-refractivity contribution in [3.05, 3.63) is 54.4 Å². The van der Waals surface area contributed by atoms with Crippen LogP contribution >= 0.6 is 0 Å². The van der Waals surface area contributed by atoms with Gasteiger partial charge in [-0.1, -0.05) is 0 Å². The van der Waals surface area contributed by atoms with Gasteiger partial charge in [-0.15, -0.1) is 0 Å². The summed E-state index contributed by atoms with van der Waals surface area (Å²) in [6.45, 7) is 2.65. The van der Waals surface area contributed by atoms with Gasteiger partial charge in [0.15, 0.2) is 0 Å². The maximum absolute atomic E-state index is 9.38. The Morgan fingerprint density at radius 3 is 2.85 bits per heavy atom. The van der Waals surface area contributed by atoms with Gasteiger partial charge in [0.2, 0.25) is 17.5 Å². The Labute approximate surface area is 151 Å². The summed E-state index contributed by atoms with van der Waals surface area (Å²) in [5.41, 5.74) is 0.975. The first-order valence-electron chi connectivity index (χ1n) is 8.68. The Bertz CT molecular complexity index is 877. The average molecular weight is 349 g/mol. The minimum absolute atomic E-state index is 0.0889. The van der Waals surface area contributed by atoms with Crippen molar-refractivity contribution in [1.29, 1.82) is 5.26 Å². The zero-order chi connectivity index (χ0) is 17.8. The van der Waals surface area contributed by atoms with Crippen LogP contribution in [0.5, 0.6) is 0 Å². The van der Waals surface area contributed by atoms with Crippen molar-refractivity contribution in [2.45, 2.75) is 18.9 Å². The van der Waals surface area contributed by atoms with E-state index in [1.807, 2.05) is 18.2 Å². The molecule has 0 bridgehead atoms. The summed E-state index contributed by atoms with van der Waals surface area (Å²) < 4.78 is 11.4. The number of anilines is 1. The van der Waals surface area contributed by atoms with Crippen LogP contribution in [0.15, 0.2) is 51.8 Å². The highest BCUT2D eigenvalue weighted by atomic mass is 16.4. The number of hydrogen-bond donors (Lipinski definition) is 1. The lowest BCUT2D eigenvalue weighted by Crippen LogP contribution is -2.30. The van der Waals surface area contributed by atoms with Crippen LogP contribution in [0, 0.1) is 11.3 Å². The molecule has 0 amide bonds. The van der Waals surface area contributed by atoms with Crippen LogP contribution in [-0.2, 0) is 0 Å². The number of pyridine rings is 1. The molecule has 3 aromatic heterocycles. The van der Waals surface area contributed by atoms with Gasteiger partial charge in [-0.25, -0.2) is 0 Å². The molecule has 1 aliphatic rings. The summed E-state index contributed by atoms with van der Waals surface area (Å²) >= 11 is 0. The topological polar surface area (TPSA) is 91.1 Å². The van der Waals surface area contributed by atoms with E-state index >= 15 is 0 Å². The molecule has 0 saturated carbocycles. The van der Waals surface area contributed by atoms with Crippen molar-refractivity contribution >= 4 is 5.88 Å². The second-order valence-corrected chi connectivity index (χ2v) is 6.21. The number of furan rings is 1. The first kappa shape index (κ1) is 16.4. The van der Waals surface area contributed by atoms with Crippen LogP contribution in [-0.4, -0.2) is 34.5 Å². The molecule has 3 aromatic rings. The van der Waals surface area contributed by atoms with Crippen molar-refractivity contribution in [3.63, 3.8) is 0 Å². The lowest BCUT2D eigenvalue weighted by Gasteiger charge is -2.25. The molecule has 26 heavy (non-hydrogen) atoms. The zero-order valence-electron chi connectivity index (χ0n) is 14.3. The molecule has 1 atom stereocenters. The molecule has 0 aliphatic carbocycles. The van der Waals surface area contributed by atoms with E-state index in [9.17, 15) is 5.26 Å². The fraction of sp³-hybridized carbons (Fsp3) is 0.316.